The Kier molecular flexibility index (Phi) is 3.62. The van der Waals surface area contributed by atoms with Crippen molar-refractivity contribution in [1.29, 1.82) is 0 Å². The van der Waals surface area contributed by atoms with Gasteiger partial charge >= 0.3 is 0 Å². The topological polar surface area (TPSA) is 103 Å². The molecule has 5 nitrogen and oxygen atoms in total. The molecular formula is C17H17N5. The quantitative estimate of drug-likeness (QED) is 0.542. The van der Waals surface area contributed by atoms with E-state index in [1.54, 1.807) is 0 Å². The molecule has 0 saturated carbocycles. The lowest BCUT2D eigenvalue weighted by Crippen LogP contribution is -2.26. The lowest BCUT2D eigenvalue weighted by molar-refractivity contribution is 0.901. The lowest BCUT2D eigenvalue weighted by Gasteiger charge is -2.17. The number of fused-ring (bicyclic) bond motifs is 2. The molecule has 0 spiro atoms. The van der Waals surface area contributed by atoms with Gasteiger partial charge in [0.25, 0.3) is 0 Å². The fourth-order valence-corrected chi connectivity index (χ4v) is 2.55. The predicted molar refractivity (Wildman–Crippen MR) is 91.6 cm³/mol. The highest BCUT2D eigenvalue weighted by atomic mass is 15.1. The Hall–Kier alpha value is -3.08. The highest BCUT2D eigenvalue weighted by Crippen LogP contribution is 2.33. The van der Waals surface area contributed by atoms with Gasteiger partial charge in [-0.3, -0.25) is 0 Å². The minimum atomic E-state index is -0.104. The Morgan fingerprint density at radius 3 is 2.55 bits per heavy atom. The number of benzene rings is 1. The third kappa shape index (κ3) is 2.83. The molecule has 0 amide bonds. The fraction of sp³-hybridized carbons (Fsp3) is 0.0588. The van der Waals surface area contributed by atoms with Gasteiger partial charge in [0.05, 0.1) is 5.70 Å². The molecule has 1 aromatic carbocycles. The molecule has 22 heavy (non-hydrogen) atoms. The molecule has 3 rings (SSSR count). The van der Waals surface area contributed by atoms with E-state index in [4.69, 9.17) is 17.2 Å². The van der Waals surface area contributed by atoms with Gasteiger partial charge < -0.3 is 17.2 Å². The van der Waals surface area contributed by atoms with Gasteiger partial charge in [-0.15, -0.1) is 0 Å². The molecule has 0 bridgehead atoms. The summed E-state index contributed by atoms with van der Waals surface area (Å²) >= 11 is 0. The van der Waals surface area contributed by atoms with E-state index in [1.165, 1.54) is 11.1 Å². The average Bonchev–Trinajstić information content (AvgIpc) is 2.66. The summed E-state index contributed by atoms with van der Waals surface area (Å²) in [6, 6.07) is 8.24. The monoisotopic (exact) mass is 291 g/mol. The van der Waals surface area contributed by atoms with E-state index >= 15 is 0 Å². The van der Waals surface area contributed by atoms with Crippen LogP contribution in [0.5, 0.6) is 0 Å². The molecule has 0 radical (unpaired) electrons. The van der Waals surface area contributed by atoms with Crippen molar-refractivity contribution < 1.29 is 0 Å². The van der Waals surface area contributed by atoms with E-state index in [2.05, 4.69) is 46.4 Å². The van der Waals surface area contributed by atoms with E-state index in [1.807, 2.05) is 24.3 Å². The molecule has 1 aromatic rings. The van der Waals surface area contributed by atoms with Crippen LogP contribution >= 0.6 is 0 Å². The first-order chi connectivity index (χ1) is 10.6. The number of nitrogens with two attached hydrogens (primary N) is 3. The van der Waals surface area contributed by atoms with E-state index in [-0.39, 0.29) is 17.8 Å². The molecule has 110 valence electrons. The van der Waals surface area contributed by atoms with Gasteiger partial charge in [-0.25, -0.2) is 4.99 Å². The van der Waals surface area contributed by atoms with E-state index in [9.17, 15) is 0 Å². The summed E-state index contributed by atoms with van der Waals surface area (Å²) in [5.74, 6) is -0.0195. The molecule has 2 aliphatic carbocycles. The predicted octanol–water partition coefficient (Wildman–Crippen LogP) is 1.75. The van der Waals surface area contributed by atoms with Crippen molar-refractivity contribution in [2.75, 3.05) is 0 Å². The first-order valence-electron chi connectivity index (χ1n) is 6.94. The molecular weight excluding hydrogens is 274 g/mol. The van der Waals surface area contributed by atoms with Gasteiger partial charge in [-0.2, -0.15) is 4.99 Å². The van der Waals surface area contributed by atoms with Crippen molar-refractivity contribution >= 4 is 24.1 Å². The molecule has 6 N–H and O–H groups in total. The number of aliphatic imine (C=N–C) groups is 2. The largest absolute Gasteiger partial charge is 0.370 e. The molecule has 5 heteroatoms. The maximum absolute atomic E-state index is 5.74. The Labute approximate surface area is 128 Å². The molecule has 1 atom stereocenters. The van der Waals surface area contributed by atoms with E-state index < -0.39 is 0 Å². The summed E-state index contributed by atoms with van der Waals surface area (Å²) in [7, 11) is 0. The lowest BCUT2D eigenvalue weighted by atomic mass is 9.91. The molecule has 2 aliphatic rings. The standard InChI is InChI=1S/C17H17N5/c18-16(19)22-17(20)21-15-7-3-6-13-10-12-5-2-1-4-11(12)8-9-14(13)15/h1-10,14H,(H6,18,19,20,21,22). The first-order valence-corrected chi connectivity index (χ1v) is 6.94. The summed E-state index contributed by atoms with van der Waals surface area (Å²) in [5, 5.41) is 0. The highest BCUT2D eigenvalue weighted by Gasteiger charge is 2.19. The van der Waals surface area contributed by atoms with Crippen molar-refractivity contribution in [3.8, 4) is 0 Å². The minimum absolute atomic E-state index is 0.0325. The zero-order valence-corrected chi connectivity index (χ0v) is 12.0. The smallest absolute Gasteiger partial charge is 0.223 e. The molecule has 0 heterocycles. The van der Waals surface area contributed by atoms with Gasteiger partial charge in [-0.05, 0) is 22.8 Å². The third-order valence-corrected chi connectivity index (χ3v) is 3.51. The van der Waals surface area contributed by atoms with Crippen LogP contribution in [0.15, 0.2) is 69.8 Å². The maximum Gasteiger partial charge on any atom is 0.223 e. The van der Waals surface area contributed by atoms with E-state index in [0.29, 0.717) is 0 Å². The second-order valence-electron chi connectivity index (χ2n) is 5.07. The number of guanidine groups is 2. The van der Waals surface area contributed by atoms with Gasteiger partial charge in [0.15, 0.2) is 5.96 Å². The third-order valence-electron chi connectivity index (χ3n) is 3.51. The maximum atomic E-state index is 5.74. The van der Waals surface area contributed by atoms with Crippen molar-refractivity contribution in [3.63, 3.8) is 0 Å². The van der Waals surface area contributed by atoms with Crippen LogP contribution in [0.2, 0.25) is 0 Å². The molecule has 0 aromatic heterocycles. The van der Waals surface area contributed by atoms with Crippen LogP contribution in [-0.2, 0) is 0 Å². The summed E-state index contributed by atoms with van der Waals surface area (Å²) in [4.78, 5) is 8.09. The minimum Gasteiger partial charge on any atom is -0.370 e. The number of rotatable bonds is 1. The van der Waals surface area contributed by atoms with Crippen LogP contribution in [0.25, 0.3) is 12.2 Å². The van der Waals surface area contributed by atoms with Gasteiger partial charge in [0, 0.05) is 5.92 Å². The zero-order chi connectivity index (χ0) is 15.5. The van der Waals surface area contributed by atoms with Crippen molar-refractivity contribution in [2.24, 2.45) is 33.1 Å². The Morgan fingerprint density at radius 2 is 1.77 bits per heavy atom. The van der Waals surface area contributed by atoms with Crippen molar-refractivity contribution in [2.45, 2.75) is 0 Å². The van der Waals surface area contributed by atoms with Gasteiger partial charge in [-0.1, -0.05) is 54.6 Å². The van der Waals surface area contributed by atoms with E-state index in [0.717, 1.165) is 11.3 Å². The molecule has 0 saturated heterocycles. The SMILES string of the molecule is NC(N)=NC(N)=NC1=CC=CC2=Cc3ccccc3C=CC21. The summed E-state index contributed by atoms with van der Waals surface area (Å²) in [6.45, 7) is 0. The van der Waals surface area contributed by atoms with Crippen molar-refractivity contribution in [1.82, 2.24) is 0 Å². The second kappa shape index (κ2) is 5.73. The van der Waals surface area contributed by atoms with Crippen LogP contribution in [-0.4, -0.2) is 11.9 Å². The summed E-state index contributed by atoms with van der Waals surface area (Å²) in [6.07, 6.45) is 12.3. The van der Waals surface area contributed by atoms with Crippen LogP contribution in [0, 0.1) is 5.92 Å². The summed E-state index contributed by atoms with van der Waals surface area (Å²) < 4.78 is 0. The highest BCUT2D eigenvalue weighted by molar-refractivity contribution is 5.93. The van der Waals surface area contributed by atoms with Crippen molar-refractivity contribution in [3.05, 3.63) is 71.0 Å². The zero-order valence-electron chi connectivity index (χ0n) is 12.0. The summed E-state index contributed by atoms with van der Waals surface area (Å²) in [5.41, 5.74) is 20.7. The van der Waals surface area contributed by atoms with Crippen LogP contribution in [0.3, 0.4) is 0 Å². The number of nitrogens with zero attached hydrogens (tertiary/aromatic N) is 2. The number of hydrogen-bond acceptors (Lipinski definition) is 1. The Morgan fingerprint density at radius 1 is 1.00 bits per heavy atom. The average molecular weight is 291 g/mol. The molecule has 0 fully saturated rings. The van der Waals surface area contributed by atoms with Crippen LogP contribution < -0.4 is 17.2 Å². The number of hydrogen-bond donors (Lipinski definition) is 3. The Balaban J connectivity index is 2.00. The van der Waals surface area contributed by atoms with Gasteiger partial charge in [0.1, 0.15) is 0 Å². The molecule has 0 aliphatic heterocycles. The number of allylic oxidation sites excluding steroid dienone is 4. The van der Waals surface area contributed by atoms with Crippen LogP contribution in [0.4, 0.5) is 0 Å². The Bertz CT molecular complexity index is 774. The normalized spacial score (nSPS) is 19.5. The fourth-order valence-electron chi connectivity index (χ4n) is 2.55. The first kappa shape index (κ1) is 13.9. The van der Waals surface area contributed by atoms with Crippen LogP contribution in [0.1, 0.15) is 11.1 Å². The van der Waals surface area contributed by atoms with Gasteiger partial charge in [0.2, 0.25) is 5.96 Å². The molecule has 1 unspecified atom stereocenters. The second-order valence-corrected chi connectivity index (χ2v) is 5.07.